The Hall–Kier alpha value is -6.95. The number of halogens is 13. The summed E-state index contributed by atoms with van der Waals surface area (Å²) in [6.07, 6.45) is -20.1. The van der Waals surface area contributed by atoms with E-state index in [1.165, 1.54) is 89.2 Å². The molecule has 0 aromatic heterocycles. The van der Waals surface area contributed by atoms with Crippen LogP contribution >= 0.6 is 0 Å². The minimum atomic E-state index is -4.81. The Balaban J connectivity index is 0.000000342. The fraction of sp³-hybridized carbons (Fsp3) is 0.380. The average molecular weight is 1170 g/mol. The molecule has 0 bridgehead atoms. The smallest absolute Gasteiger partial charge is 0.417 e. The van der Waals surface area contributed by atoms with Gasteiger partial charge in [0.15, 0.2) is 0 Å². The topological polar surface area (TPSA) is 217 Å². The van der Waals surface area contributed by atoms with Crippen molar-refractivity contribution in [3.63, 3.8) is 0 Å². The van der Waals surface area contributed by atoms with Gasteiger partial charge in [-0.15, -0.1) is 0 Å². The standard InChI is InChI=1S/C11H10F4O3.C11H11F3O2.C11H13F3O2.C9H9NO6S.C8H7F3O.H2/c1-6(12)5-18-7-2-3-8(10(16)17)9(4-7)11(13,14)15;1-7-2-3-8(15-5-9-6-16-9)4-10(7)11(12,13)14;1-7-3-4-9(16-6-8(2)15)5-10(7)11(12,13)14;11-10(12)7-2-1-3-9(4-7)17(13,14)16-6-8-5-15-8;1-5-2-3-6(12)4-7(5)8(9,10)11;/h2-4,6H,5H2,1H3,(H,16,17);2-4,9H,5-6H2,1H3;3-5,8,15H,6H2,1-2H3;1-4,8H,5-6H2;2-4,12H,1H3;1H/t6-;9-;2*8-;;/m1100../s1. The van der Waals surface area contributed by atoms with E-state index in [0.717, 1.165) is 36.4 Å². The van der Waals surface area contributed by atoms with E-state index in [-0.39, 0.29) is 77.1 Å². The van der Waals surface area contributed by atoms with Crippen LogP contribution in [0.5, 0.6) is 23.0 Å². The number of phenolic OH excluding ortho intramolecular Hbond substituents is 1. The number of nitrogens with zero attached hydrogens (tertiary/aromatic N) is 1. The number of aromatic carboxylic acids is 1. The number of carboxylic acid groups (broad SMARTS) is 1. The normalized spacial score (nSPS) is 15.6. The Labute approximate surface area is 443 Å². The third-order valence-corrected chi connectivity index (χ3v) is 11.3. The molecule has 5 aromatic carbocycles. The van der Waals surface area contributed by atoms with Gasteiger partial charge >= 0.3 is 30.7 Å². The molecule has 438 valence electrons. The molecule has 0 spiro atoms. The molecule has 3 N–H and O–H groups in total. The van der Waals surface area contributed by atoms with E-state index in [0.29, 0.717) is 25.9 Å². The van der Waals surface area contributed by atoms with Crippen LogP contribution in [-0.2, 0) is 48.5 Å². The van der Waals surface area contributed by atoms with Crippen LogP contribution in [0.25, 0.3) is 0 Å². The van der Waals surface area contributed by atoms with Crippen LogP contribution in [-0.4, -0.2) is 98.8 Å². The first-order chi connectivity index (χ1) is 36.4. The molecular formula is C50H52F13NO14S. The lowest BCUT2D eigenvalue weighted by atomic mass is 10.1. The number of phenols is 1. The van der Waals surface area contributed by atoms with Crippen LogP contribution in [0.1, 0.15) is 64.6 Å². The van der Waals surface area contributed by atoms with Crippen molar-refractivity contribution in [2.75, 3.05) is 39.6 Å². The van der Waals surface area contributed by atoms with Crippen molar-refractivity contribution >= 4 is 21.8 Å². The second-order valence-electron chi connectivity index (χ2n) is 16.9. The highest BCUT2D eigenvalue weighted by atomic mass is 32.2. The van der Waals surface area contributed by atoms with Gasteiger partial charge in [-0.1, -0.05) is 24.3 Å². The first-order valence-electron chi connectivity index (χ1n) is 22.6. The van der Waals surface area contributed by atoms with Crippen molar-refractivity contribution in [2.45, 2.75) is 88.7 Å². The molecule has 2 aliphatic rings. The molecule has 0 radical (unpaired) electrons. The number of ether oxygens (including phenoxy) is 5. The maximum Gasteiger partial charge on any atom is 0.417 e. The van der Waals surface area contributed by atoms with E-state index in [4.69, 9.17) is 43.2 Å². The number of rotatable bonds is 15. The molecule has 0 aliphatic carbocycles. The SMILES string of the molecule is C[C@@H](F)COc1ccc(C(=O)O)c(C(F)(F)F)c1.Cc1ccc(O)cc1C(F)(F)F.Cc1ccc(OC[C@@H]2CO2)cc1C(F)(F)F.Cc1ccc(OC[C@H](C)O)cc1C(F)(F)F.O=[N+]([O-])c1cccc(S(=O)(=O)OC[C@@H]2CO2)c1.[HH]. The predicted octanol–water partition coefficient (Wildman–Crippen LogP) is 12.4. The molecular weight excluding hydrogens is 1120 g/mol. The van der Waals surface area contributed by atoms with Crippen molar-refractivity contribution in [1.82, 2.24) is 0 Å². The minimum Gasteiger partial charge on any atom is -0.508 e. The van der Waals surface area contributed by atoms with Crippen LogP contribution in [0, 0.1) is 30.9 Å². The zero-order chi connectivity index (χ0) is 59.8. The van der Waals surface area contributed by atoms with E-state index in [1.807, 2.05) is 0 Å². The Morgan fingerprint density at radius 2 is 1.08 bits per heavy atom. The zero-order valence-electron chi connectivity index (χ0n) is 41.9. The van der Waals surface area contributed by atoms with Gasteiger partial charge in [0.2, 0.25) is 0 Å². The van der Waals surface area contributed by atoms with Gasteiger partial charge < -0.3 is 39.0 Å². The number of nitro groups is 1. The third-order valence-electron chi connectivity index (χ3n) is 10.0. The van der Waals surface area contributed by atoms with Crippen LogP contribution < -0.4 is 14.2 Å². The van der Waals surface area contributed by atoms with E-state index < -0.39 is 92.4 Å². The summed E-state index contributed by atoms with van der Waals surface area (Å²) in [4.78, 5) is 20.3. The maximum absolute atomic E-state index is 12.6. The Morgan fingerprint density at radius 3 is 1.49 bits per heavy atom. The fourth-order valence-electron chi connectivity index (χ4n) is 5.87. The molecule has 0 amide bonds. The maximum atomic E-state index is 12.6. The molecule has 2 aliphatic heterocycles. The van der Waals surface area contributed by atoms with Crippen molar-refractivity contribution < 1.29 is 120 Å². The first-order valence-corrected chi connectivity index (χ1v) is 24.0. The summed E-state index contributed by atoms with van der Waals surface area (Å²) >= 11 is 0. The van der Waals surface area contributed by atoms with Crippen LogP contribution in [0.2, 0.25) is 0 Å². The molecule has 0 saturated carbocycles. The molecule has 2 fully saturated rings. The highest BCUT2D eigenvalue weighted by Crippen LogP contribution is 2.37. The summed E-state index contributed by atoms with van der Waals surface area (Å²) < 4.78 is 215. The summed E-state index contributed by atoms with van der Waals surface area (Å²) in [6.45, 7) is 7.77. The van der Waals surface area contributed by atoms with E-state index in [2.05, 4.69) is 0 Å². The summed E-state index contributed by atoms with van der Waals surface area (Å²) in [5, 5.41) is 36.9. The molecule has 0 unspecified atom stereocenters. The number of aryl methyl sites for hydroxylation is 3. The number of nitro benzene ring substituents is 1. The van der Waals surface area contributed by atoms with Gasteiger partial charge in [-0.3, -0.25) is 14.3 Å². The molecule has 15 nitrogen and oxygen atoms in total. The highest BCUT2D eigenvalue weighted by Gasteiger charge is 2.37. The number of hydrogen-bond donors (Lipinski definition) is 3. The molecule has 7 rings (SSSR count). The molecule has 29 heteroatoms. The van der Waals surface area contributed by atoms with Gasteiger partial charge in [-0.05, 0) is 112 Å². The van der Waals surface area contributed by atoms with Gasteiger partial charge in [0.05, 0.1) is 58.7 Å². The molecule has 2 heterocycles. The molecule has 2 saturated heterocycles. The lowest BCUT2D eigenvalue weighted by Gasteiger charge is -2.13. The van der Waals surface area contributed by atoms with Gasteiger partial charge in [0.25, 0.3) is 15.8 Å². The van der Waals surface area contributed by atoms with Crippen LogP contribution in [0.3, 0.4) is 0 Å². The summed E-state index contributed by atoms with van der Waals surface area (Å²) in [6, 6.07) is 18.0. The molecule has 5 aromatic rings. The number of carbonyl (C=O) groups is 1. The number of carboxylic acids is 1. The number of hydrogen-bond acceptors (Lipinski definition) is 13. The Kier molecular flexibility index (Phi) is 23.7. The zero-order valence-corrected chi connectivity index (χ0v) is 42.7. The number of aliphatic hydroxyl groups is 1. The van der Waals surface area contributed by atoms with Crippen molar-refractivity contribution in [1.29, 1.82) is 0 Å². The summed E-state index contributed by atoms with van der Waals surface area (Å²) in [7, 11) is -3.96. The van der Waals surface area contributed by atoms with Crippen molar-refractivity contribution in [3.8, 4) is 23.0 Å². The summed E-state index contributed by atoms with van der Waals surface area (Å²) in [5.41, 5.74) is -4.18. The Morgan fingerprint density at radius 1 is 0.658 bits per heavy atom. The lowest BCUT2D eigenvalue weighted by molar-refractivity contribution is -0.385. The van der Waals surface area contributed by atoms with Crippen molar-refractivity contribution in [2.24, 2.45) is 0 Å². The van der Waals surface area contributed by atoms with Gasteiger partial charge in [-0.2, -0.15) is 61.1 Å². The monoisotopic (exact) mass is 1170 g/mol. The van der Waals surface area contributed by atoms with E-state index in [1.54, 1.807) is 0 Å². The number of alkyl halides is 13. The fourth-order valence-corrected chi connectivity index (χ4v) is 6.85. The third kappa shape index (κ3) is 23.5. The quantitative estimate of drug-likeness (QED) is 0.0292. The Bertz CT molecular complexity index is 2870. The van der Waals surface area contributed by atoms with Gasteiger partial charge in [-0.25, -0.2) is 9.18 Å². The van der Waals surface area contributed by atoms with Crippen LogP contribution in [0.4, 0.5) is 62.8 Å². The number of aromatic hydroxyl groups is 1. The largest absolute Gasteiger partial charge is 0.508 e. The van der Waals surface area contributed by atoms with Crippen LogP contribution in [0.15, 0.2) is 102 Å². The number of non-ortho nitro benzene ring substituents is 1. The summed E-state index contributed by atoms with van der Waals surface area (Å²) in [5.74, 6) is -1.94. The van der Waals surface area contributed by atoms with E-state index >= 15 is 0 Å². The van der Waals surface area contributed by atoms with Gasteiger partial charge in [0.1, 0.15) is 66.1 Å². The minimum absolute atomic E-state index is 0. The number of benzene rings is 5. The highest BCUT2D eigenvalue weighted by molar-refractivity contribution is 7.86. The molecule has 4 atom stereocenters. The lowest BCUT2D eigenvalue weighted by Crippen LogP contribution is -2.14. The molecule has 79 heavy (non-hydrogen) atoms. The number of aliphatic hydroxyl groups excluding tert-OH is 1. The predicted molar refractivity (Wildman–Crippen MR) is 255 cm³/mol. The van der Waals surface area contributed by atoms with E-state index in [9.17, 15) is 80.4 Å². The average Bonchev–Trinajstić information content (AvgIpc) is 4.29. The second kappa shape index (κ2) is 28.3. The van der Waals surface area contributed by atoms with Gasteiger partial charge in [0, 0.05) is 13.6 Å². The first kappa shape index (κ1) is 66.3. The second-order valence-corrected chi connectivity index (χ2v) is 18.5. The van der Waals surface area contributed by atoms with Crippen molar-refractivity contribution in [3.05, 3.63) is 152 Å². The number of epoxide rings is 2.